The van der Waals surface area contributed by atoms with Crippen molar-refractivity contribution in [2.45, 2.75) is 19.5 Å². The fraction of sp³-hybridized carbons (Fsp3) is 0.278. The molecule has 3 rings (SSSR count). The summed E-state index contributed by atoms with van der Waals surface area (Å²) < 4.78 is 10.5. The molecule has 0 bridgehead atoms. The lowest BCUT2D eigenvalue weighted by atomic mass is 10.0. The average molecular weight is 298 g/mol. The quantitative estimate of drug-likeness (QED) is 0.579. The van der Waals surface area contributed by atoms with Crippen molar-refractivity contribution in [3.63, 3.8) is 0 Å². The molecule has 0 amide bonds. The lowest BCUT2D eigenvalue weighted by molar-refractivity contribution is -0.702. The summed E-state index contributed by atoms with van der Waals surface area (Å²) in [5.41, 5.74) is 1.35. The van der Waals surface area contributed by atoms with Gasteiger partial charge in [0.25, 0.3) is 0 Å². The molecule has 4 nitrogen and oxygen atoms in total. The van der Waals surface area contributed by atoms with Crippen LogP contribution in [0.2, 0.25) is 0 Å². The minimum absolute atomic E-state index is 0.300. The Balaban J connectivity index is 2.11. The Kier molecular flexibility index (Phi) is 4.22. The van der Waals surface area contributed by atoms with Gasteiger partial charge in [0.15, 0.2) is 0 Å². The second-order valence-corrected chi connectivity index (χ2v) is 5.62. The van der Waals surface area contributed by atoms with E-state index in [1.807, 2.05) is 24.3 Å². The molecule has 1 aromatic heterocycles. The molecular formula is C18H20NO3+. The van der Waals surface area contributed by atoms with E-state index in [-0.39, 0.29) is 5.63 Å². The van der Waals surface area contributed by atoms with Gasteiger partial charge in [-0.3, -0.25) is 0 Å². The fourth-order valence-corrected chi connectivity index (χ4v) is 2.84. The van der Waals surface area contributed by atoms with Crippen molar-refractivity contribution in [1.29, 1.82) is 0 Å². The van der Waals surface area contributed by atoms with Crippen LogP contribution >= 0.6 is 0 Å². The first-order valence-corrected chi connectivity index (χ1v) is 7.46. The molecule has 4 heteroatoms. The number of methoxy groups -OCH3 is 1. The first-order chi connectivity index (χ1) is 10.7. The van der Waals surface area contributed by atoms with Crippen LogP contribution in [-0.4, -0.2) is 19.8 Å². The van der Waals surface area contributed by atoms with Gasteiger partial charge < -0.3 is 14.5 Å². The second-order valence-electron chi connectivity index (χ2n) is 5.62. The predicted molar refractivity (Wildman–Crippen MR) is 87.0 cm³/mol. The fourth-order valence-electron chi connectivity index (χ4n) is 2.84. The number of hydrogen-bond donors (Lipinski definition) is 1. The van der Waals surface area contributed by atoms with Gasteiger partial charge in [-0.15, -0.1) is 0 Å². The Labute approximate surface area is 128 Å². The normalized spacial score (nSPS) is 12.8. The Morgan fingerprint density at radius 1 is 1.23 bits per heavy atom. The summed E-state index contributed by atoms with van der Waals surface area (Å²) in [6.07, 6.45) is 0. The Hall–Kier alpha value is -2.17. The maximum absolute atomic E-state index is 11.8. The molecular weight excluding hydrogens is 278 g/mol. The van der Waals surface area contributed by atoms with E-state index in [4.69, 9.17) is 9.15 Å². The number of nitrogens with two attached hydrogens (primary N) is 1. The van der Waals surface area contributed by atoms with Crippen LogP contribution in [-0.2, 0) is 11.3 Å². The first-order valence-electron chi connectivity index (χ1n) is 7.46. The zero-order chi connectivity index (χ0) is 15.5. The summed E-state index contributed by atoms with van der Waals surface area (Å²) in [6, 6.07) is 14.0. The van der Waals surface area contributed by atoms with Crippen LogP contribution in [0.1, 0.15) is 12.5 Å². The SMILES string of the molecule is COC[C@@H](C)[NH2+]Cc1cc(=O)oc2ccc3ccccc3c12. The van der Waals surface area contributed by atoms with E-state index in [0.29, 0.717) is 18.2 Å². The summed E-state index contributed by atoms with van der Waals surface area (Å²) in [5, 5.41) is 5.47. The van der Waals surface area contributed by atoms with Crippen LogP contribution in [0.5, 0.6) is 0 Å². The zero-order valence-corrected chi connectivity index (χ0v) is 12.8. The van der Waals surface area contributed by atoms with Gasteiger partial charge in [-0.05, 0) is 23.8 Å². The summed E-state index contributed by atoms with van der Waals surface area (Å²) in [5.74, 6) is 0. The number of hydrogen-bond acceptors (Lipinski definition) is 3. The Morgan fingerprint density at radius 3 is 2.86 bits per heavy atom. The van der Waals surface area contributed by atoms with Gasteiger partial charge >= 0.3 is 5.63 Å². The van der Waals surface area contributed by atoms with E-state index < -0.39 is 0 Å². The Morgan fingerprint density at radius 2 is 2.05 bits per heavy atom. The van der Waals surface area contributed by atoms with Crippen molar-refractivity contribution in [3.05, 3.63) is 58.4 Å². The topological polar surface area (TPSA) is 56.0 Å². The second kappa shape index (κ2) is 6.30. The van der Waals surface area contributed by atoms with Crippen molar-refractivity contribution in [1.82, 2.24) is 0 Å². The standard InChI is InChI=1S/C18H19NO3/c1-12(11-21-2)19-10-14-9-17(20)22-16-8-7-13-5-3-4-6-15(13)18(14)16/h3-9,12,19H,10-11H2,1-2H3/p+1/t12-/m1/s1. The molecule has 2 aromatic carbocycles. The molecule has 1 heterocycles. The van der Waals surface area contributed by atoms with Crippen LogP contribution in [0.25, 0.3) is 21.7 Å². The Bertz CT molecular complexity index is 854. The summed E-state index contributed by atoms with van der Waals surface area (Å²) in [6.45, 7) is 3.51. The molecule has 114 valence electrons. The smallest absolute Gasteiger partial charge is 0.336 e. The molecule has 0 aliphatic heterocycles. The molecule has 3 aromatic rings. The molecule has 22 heavy (non-hydrogen) atoms. The predicted octanol–water partition coefficient (Wildman–Crippen LogP) is 2.04. The molecule has 0 radical (unpaired) electrons. The number of quaternary nitrogens is 1. The van der Waals surface area contributed by atoms with Crippen molar-refractivity contribution in [3.8, 4) is 0 Å². The third-order valence-electron chi connectivity index (χ3n) is 3.88. The molecule has 0 fully saturated rings. The molecule has 0 unspecified atom stereocenters. The van der Waals surface area contributed by atoms with E-state index in [1.165, 1.54) is 0 Å². The minimum atomic E-state index is -0.300. The largest absolute Gasteiger partial charge is 0.423 e. The zero-order valence-electron chi connectivity index (χ0n) is 12.8. The third-order valence-corrected chi connectivity index (χ3v) is 3.88. The lowest BCUT2D eigenvalue weighted by Gasteiger charge is -2.11. The van der Waals surface area contributed by atoms with Gasteiger partial charge in [0.1, 0.15) is 18.2 Å². The highest BCUT2D eigenvalue weighted by atomic mass is 16.5. The molecule has 0 saturated carbocycles. The van der Waals surface area contributed by atoms with Gasteiger partial charge in [-0.1, -0.05) is 30.3 Å². The maximum Gasteiger partial charge on any atom is 0.336 e. The summed E-state index contributed by atoms with van der Waals surface area (Å²) in [4.78, 5) is 11.8. The van der Waals surface area contributed by atoms with Gasteiger partial charge in [0.2, 0.25) is 0 Å². The van der Waals surface area contributed by atoms with E-state index >= 15 is 0 Å². The summed E-state index contributed by atoms with van der Waals surface area (Å²) in [7, 11) is 1.70. The highest BCUT2D eigenvalue weighted by Gasteiger charge is 2.12. The van der Waals surface area contributed by atoms with Crippen LogP contribution < -0.4 is 10.9 Å². The van der Waals surface area contributed by atoms with Crippen molar-refractivity contribution in [2.24, 2.45) is 0 Å². The van der Waals surface area contributed by atoms with Crippen LogP contribution in [0.15, 0.2) is 51.7 Å². The highest BCUT2D eigenvalue weighted by molar-refractivity contribution is 6.06. The molecule has 0 aliphatic rings. The molecule has 0 aliphatic carbocycles. The third kappa shape index (κ3) is 2.89. The van der Waals surface area contributed by atoms with E-state index in [1.54, 1.807) is 13.2 Å². The van der Waals surface area contributed by atoms with E-state index in [0.717, 1.165) is 28.3 Å². The lowest BCUT2D eigenvalue weighted by Crippen LogP contribution is -2.88. The summed E-state index contributed by atoms with van der Waals surface area (Å²) >= 11 is 0. The monoisotopic (exact) mass is 298 g/mol. The number of benzene rings is 2. The van der Waals surface area contributed by atoms with E-state index in [2.05, 4.69) is 24.4 Å². The average Bonchev–Trinajstić information content (AvgIpc) is 2.52. The molecule has 1 atom stereocenters. The van der Waals surface area contributed by atoms with Crippen molar-refractivity contribution in [2.75, 3.05) is 13.7 Å². The maximum atomic E-state index is 11.8. The van der Waals surface area contributed by atoms with E-state index in [9.17, 15) is 4.79 Å². The molecule has 0 saturated heterocycles. The van der Waals surface area contributed by atoms with Gasteiger partial charge in [-0.2, -0.15) is 0 Å². The van der Waals surface area contributed by atoms with Crippen LogP contribution in [0.4, 0.5) is 0 Å². The number of rotatable bonds is 5. The highest BCUT2D eigenvalue weighted by Crippen LogP contribution is 2.26. The minimum Gasteiger partial charge on any atom is -0.423 e. The van der Waals surface area contributed by atoms with Crippen molar-refractivity contribution < 1.29 is 14.5 Å². The van der Waals surface area contributed by atoms with Gasteiger partial charge in [0, 0.05) is 24.1 Å². The van der Waals surface area contributed by atoms with Crippen LogP contribution in [0.3, 0.4) is 0 Å². The van der Waals surface area contributed by atoms with Gasteiger partial charge in [-0.25, -0.2) is 4.79 Å². The molecule has 0 spiro atoms. The molecule has 2 N–H and O–H groups in total. The van der Waals surface area contributed by atoms with Crippen LogP contribution in [0, 0.1) is 0 Å². The van der Waals surface area contributed by atoms with Crippen molar-refractivity contribution >= 4 is 21.7 Å². The number of fused-ring (bicyclic) bond motifs is 3. The first kappa shape index (κ1) is 14.8. The number of ether oxygens (including phenoxy) is 1. The van der Waals surface area contributed by atoms with Gasteiger partial charge in [0.05, 0.1) is 6.61 Å².